The van der Waals surface area contributed by atoms with Gasteiger partial charge in [-0.1, -0.05) is 6.07 Å². The third-order valence-corrected chi connectivity index (χ3v) is 2.97. The Morgan fingerprint density at radius 2 is 2.31 bits per heavy atom. The lowest BCUT2D eigenvalue weighted by Gasteiger charge is -1.99. The van der Waals surface area contributed by atoms with E-state index in [1.807, 2.05) is 13.0 Å². The van der Waals surface area contributed by atoms with Crippen molar-refractivity contribution in [3.05, 3.63) is 35.2 Å². The highest BCUT2D eigenvalue weighted by Crippen LogP contribution is 2.37. The maximum atomic E-state index is 8.76. The van der Waals surface area contributed by atoms with E-state index < -0.39 is 0 Å². The van der Waals surface area contributed by atoms with Crippen molar-refractivity contribution in [2.24, 2.45) is 0 Å². The van der Waals surface area contributed by atoms with E-state index in [1.54, 1.807) is 6.08 Å². The second kappa shape index (κ2) is 3.21. The van der Waals surface area contributed by atoms with Crippen molar-refractivity contribution in [1.82, 2.24) is 4.98 Å². The first kappa shape index (κ1) is 9.17. The van der Waals surface area contributed by atoms with Crippen molar-refractivity contribution in [1.29, 1.82) is 5.26 Å². The highest BCUT2D eigenvalue weighted by atomic mass is 16.3. The fraction of sp³-hybridized carbons (Fsp3) is 0.231. The largest absolute Gasteiger partial charge is 0.440 e. The first-order chi connectivity index (χ1) is 7.79. The zero-order valence-corrected chi connectivity index (χ0v) is 8.95. The molecule has 0 aliphatic heterocycles. The molecule has 0 fully saturated rings. The first-order valence-electron chi connectivity index (χ1n) is 5.27. The van der Waals surface area contributed by atoms with Gasteiger partial charge in [0.15, 0.2) is 11.5 Å². The van der Waals surface area contributed by atoms with Gasteiger partial charge in [-0.3, -0.25) is 0 Å². The number of hydrogen-bond donors (Lipinski definition) is 0. The van der Waals surface area contributed by atoms with Crippen LogP contribution in [0, 0.1) is 18.3 Å². The average molecular weight is 210 g/mol. The summed E-state index contributed by atoms with van der Waals surface area (Å²) in [5.74, 6) is 0.673. The minimum Gasteiger partial charge on any atom is -0.440 e. The molecule has 0 saturated carbocycles. The summed E-state index contributed by atoms with van der Waals surface area (Å²) in [7, 11) is 0. The Hall–Kier alpha value is -2.08. The van der Waals surface area contributed by atoms with E-state index in [9.17, 15) is 0 Å². The predicted octanol–water partition coefficient (Wildman–Crippen LogP) is 2.99. The standard InChI is InChI=1S/C13H10N2O/c1-8-15-11-5-4-9-2-3-10(6-7-14)12(9)13(11)16-8/h4-6H,2-3H2,1H3/b10-6+. The second-order valence-corrected chi connectivity index (χ2v) is 3.98. The molecule has 16 heavy (non-hydrogen) atoms. The topological polar surface area (TPSA) is 49.8 Å². The Balaban J connectivity index is 2.37. The van der Waals surface area contributed by atoms with E-state index in [0.29, 0.717) is 5.89 Å². The van der Waals surface area contributed by atoms with Gasteiger partial charge in [0.1, 0.15) is 5.52 Å². The molecule has 0 N–H and O–H groups in total. The van der Waals surface area contributed by atoms with Gasteiger partial charge in [-0.25, -0.2) is 4.98 Å². The molecule has 0 amide bonds. The van der Waals surface area contributed by atoms with Crippen molar-refractivity contribution >= 4 is 16.7 Å². The number of hydrogen-bond acceptors (Lipinski definition) is 3. The fourth-order valence-corrected chi connectivity index (χ4v) is 2.32. The minimum absolute atomic E-state index is 0.673. The molecular weight excluding hydrogens is 200 g/mol. The number of fused-ring (bicyclic) bond motifs is 3. The van der Waals surface area contributed by atoms with Crippen molar-refractivity contribution in [3.63, 3.8) is 0 Å². The van der Waals surface area contributed by atoms with Gasteiger partial charge < -0.3 is 4.42 Å². The molecule has 1 heterocycles. The molecule has 78 valence electrons. The summed E-state index contributed by atoms with van der Waals surface area (Å²) in [5, 5.41) is 8.76. The molecule has 0 saturated heterocycles. The molecule has 0 unspecified atom stereocenters. The van der Waals surface area contributed by atoms with Crippen LogP contribution in [0.15, 0.2) is 22.6 Å². The molecule has 1 aromatic carbocycles. The van der Waals surface area contributed by atoms with Crippen LogP contribution < -0.4 is 0 Å². The van der Waals surface area contributed by atoms with Gasteiger partial charge in [-0.05, 0) is 30.0 Å². The minimum atomic E-state index is 0.673. The molecule has 0 spiro atoms. The van der Waals surface area contributed by atoms with E-state index in [-0.39, 0.29) is 0 Å². The van der Waals surface area contributed by atoms with Crippen LogP contribution in [0.25, 0.3) is 16.7 Å². The summed E-state index contributed by atoms with van der Waals surface area (Å²) in [6, 6.07) is 6.17. The monoisotopic (exact) mass is 210 g/mol. The van der Waals surface area contributed by atoms with Gasteiger partial charge in [0.25, 0.3) is 0 Å². The smallest absolute Gasteiger partial charge is 0.192 e. The summed E-state index contributed by atoms with van der Waals surface area (Å²) in [6.45, 7) is 1.84. The number of allylic oxidation sites excluding steroid dienone is 2. The zero-order chi connectivity index (χ0) is 11.1. The lowest BCUT2D eigenvalue weighted by molar-refractivity contribution is 0.560. The number of aromatic nitrogens is 1. The molecule has 0 bridgehead atoms. The summed E-state index contributed by atoms with van der Waals surface area (Å²) >= 11 is 0. The summed E-state index contributed by atoms with van der Waals surface area (Å²) in [5.41, 5.74) is 5.11. The van der Waals surface area contributed by atoms with Crippen molar-refractivity contribution in [3.8, 4) is 6.07 Å². The van der Waals surface area contributed by atoms with Crippen LogP contribution >= 0.6 is 0 Å². The molecule has 3 rings (SSSR count). The quantitative estimate of drug-likeness (QED) is 0.628. The molecule has 0 atom stereocenters. The number of nitriles is 1. The van der Waals surface area contributed by atoms with Crippen LogP contribution in [0.5, 0.6) is 0 Å². The number of aryl methyl sites for hydroxylation is 2. The van der Waals surface area contributed by atoms with Gasteiger partial charge >= 0.3 is 0 Å². The highest BCUT2D eigenvalue weighted by molar-refractivity contribution is 5.91. The van der Waals surface area contributed by atoms with Gasteiger partial charge in [0, 0.05) is 18.6 Å². The fourth-order valence-electron chi connectivity index (χ4n) is 2.32. The zero-order valence-electron chi connectivity index (χ0n) is 8.95. The Morgan fingerprint density at radius 3 is 3.12 bits per heavy atom. The molecule has 2 aromatic rings. The van der Waals surface area contributed by atoms with E-state index >= 15 is 0 Å². The van der Waals surface area contributed by atoms with E-state index in [1.165, 1.54) is 5.56 Å². The number of rotatable bonds is 0. The molecule has 1 aliphatic carbocycles. The Morgan fingerprint density at radius 1 is 1.44 bits per heavy atom. The Bertz CT molecular complexity index is 644. The average Bonchev–Trinajstić information content (AvgIpc) is 2.81. The SMILES string of the molecule is Cc1nc2ccc3c(c2o1)/C(=C/C#N)CC3. The third-order valence-electron chi connectivity index (χ3n) is 2.97. The third kappa shape index (κ3) is 1.17. The van der Waals surface area contributed by atoms with Crippen LogP contribution in [0.4, 0.5) is 0 Å². The predicted molar refractivity (Wildman–Crippen MR) is 60.7 cm³/mol. The van der Waals surface area contributed by atoms with Crippen molar-refractivity contribution < 1.29 is 4.42 Å². The van der Waals surface area contributed by atoms with Crippen molar-refractivity contribution in [2.45, 2.75) is 19.8 Å². The van der Waals surface area contributed by atoms with E-state index in [0.717, 1.165) is 35.1 Å². The van der Waals surface area contributed by atoms with Crippen LogP contribution in [0.2, 0.25) is 0 Å². The molecule has 1 aliphatic rings. The summed E-state index contributed by atoms with van der Waals surface area (Å²) in [6.07, 6.45) is 3.52. The lowest BCUT2D eigenvalue weighted by atomic mass is 10.1. The van der Waals surface area contributed by atoms with Gasteiger partial charge in [0.05, 0.1) is 6.07 Å². The summed E-state index contributed by atoms with van der Waals surface area (Å²) < 4.78 is 5.63. The molecule has 3 heteroatoms. The van der Waals surface area contributed by atoms with Crippen LogP contribution in [-0.2, 0) is 6.42 Å². The molecule has 1 aromatic heterocycles. The maximum absolute atomic E-state index is 8.76. The van der Waals surface area contributed by atoms with Gasteiger partial charge in [-0.15, -0.1) is 0 Å². The summed E-state index contributed by atoms with van der Waals surface area (Å²) in [4.78, 5) is 4.31. The molecule has 0 radical (unpaired) electrons. The van der Waals surface area contributed by atoms with E-state index in [2.05, 4.69) is 17.1 Å². The van der Waals surface area contributed by atoms with Crippen LogP contribution in [0.1, 0.15) is 23.4 Å². The highest BCUT2D eigenvalue weighted by Gasteiger charge is 2.21. The Kier molecular flexibility index (Phi) is 1.84. The number of nitrogens with zero attached hydrogens (tertiary/aromatic N) is 2. The van der Waals surface area contributed by atoms with Gasteiger partial charge in [-0.2, -0.15) is 5.26 Å². The normalized spacial score (nSPS) is 16.6. The van der Waals surface area contributed by atoms with Crippen LogP contribution in [0.3, 0.4) is 0 Å². The van der Waals surface area contributed by atoms with Crippen LogP contribution in [-0.4, -0.2) is 4.98 Å². The maximum Gasteiger partial charge on any atom is 0.192 e. The van der Waals surface area contributed by atoms with Gasteiger partial charge in [0.2, 0.25) is 0 Å². The number of oxazole rings is 1. The molecule has 3 nitrogen and oxygen atoms in total. The second-order valence-electron chi connectivity index (χ2n) is 3.98. The molecular formula is C13H10N2O. The number of benzene rings is 1. The first-order valence-corrected chi connectivity index (χ1v) is 5.27. The Labute approximate surface area is 93.0 Å². The van der Waals surface area contributed by atoms with Crippen molar-refractivity contribution in [2.75, 3.05) is 0 Å². The lowest BCUT2D eigenvalue weighted by Crippen LogP contribution is -1.82. The van der Waals surface area contributed by atoms with E-state index in [4.69, 9.17) is 9.68 Å².